The Hall–Kier alpha value is -3.14. The second-order valence-electron chi connectivity index (χ2n) is 8.39. The predicted octanol–water partition coefficient (Wildman–Crippen LogP) is 4.62. The minimum Gasteiger partial charge on any atom is -0.378 e. The van der Waals surface area contributed by atoms with Crippen LogP contribution >= 0.6 is 0 Å². The highest BCUT2D eigenvalue weighted by molar-refractivity contribution is 6.01. The van der Waals surface area contributed by atoms with Gasteiger partial charge in [0.1, 0.15) is 5.69 Å². The van der Waals surface area contributed by atoms with Crippen molar-refractivity contribution >= 4 is 17.5 Å². The number of carbonyl (C=O) groups excluding carboxylic acids is 1. The average molecular weight is 383 g/mol. The number of nitrogens with zero attached hydrogens (tertiary/aromatic N) is 2. The van der Waals surface area contributed by atoms with Crippen LogP contribution in [0.25, 0.3) is 6.08 Å². The van der Waals surface area contributed by atoms with Crippen LogP contribution in [0.5, 0.6) is 0 Å². The highest BCUT2D eigenvalue weighted by Gasteiger charge is 2.39. The van der Waals surface area contributed by atoms with Crippen molar-refractivity contribution in [2.45, 2.75) is 24.7 Å². The second kappa shape index (κ2) is 6.73. The largest absolute Gasteiger partial charge is 0.378 e. The van der Waals surface area contributed by atoms with E-state index in [1.807, 2.05) is 6.07 Å². The van der Waals surface area contributed by atoms with Gasteiger partial charge in [-0.2, -0.15) is 5.10 Å². The molecular weight excluding hydrogens is 358 g/mol. The van der Waals surface area contributed by atoms with E-state index in [-0.39, 0.29) is 17.1 Å². The molecule has 2 aromatic carbocycles. The van der Waals surface area contributed by atoms with Crippen molar-refractivity contribution in [1.29, 1.82) is 0 Å². The summed E-state index contributed by atoms with van der Waals surface area (Å²) in [7, 11) is 4.11. The molecule has 1 saturated carbocycles. The van der Waals surface area contributed by atoms with E-state index in [4.69, 9.17) is 0 Å². The molecule has 1 N–H and O–H groups in total. The lowest BCUT2D eigenvalue weighted by Crippen LogP contribution is -2.30. The molecule has 0 bridgehead atoms. The van der Waals surface area contributed by atoms with Crippen molar-refractivity contribution in [2.24, 2.45) is 5.92 Å². The van der Waals surface area contributed by atoms with Gasteiger partial charge < -0.3 is 4.90 Å². The molecule has 2 aliphatic rings. The van der Waals surface area contributed by atoms with Gasteiger partial charge in [0, 0.05) is 48.8 Å². The summed E-state index contributed by atoms with van der Waals surface area (Å²) in [4.78, 5) is 14.7. The quantitative estimate of drug-likeness (QED) is 0.654. The number of nitrogens with one attached hydrogen (secondary N) is 1. The van der Waals surface area contributed by atoms with Crippen molar-refractivity contribution in [3.8, 4) is 0 Å². The lowest BCUT2D eigenvalue weighted by atomic mass is 9.68. The molecule has 1 heterocycles. The van der Waals surface area contributed by atoms with E-state index in [9.17, 15) is 4.79 Å². The van der Waals surface area contributed by atoms with Crippen molar-refractivity contribution < 1.29 is 4.79 Å². The van der Waals surface area contributed by atoms with Gasteiger partial charge in [0.25, 0.3) is 0 Å². The van der Waals surface area contributed by atoms with E-state index >= 15 is 0 Å². The van der Waals surface area contributed by atoms with E-state index in [2.05, 4.69) is 89.9 Å². The number of hydrogen-bond acceptors (Lipinski definition) is 3. The van der Waals surface area contributed by atoms with Gasteiger partial charge in [-0.05, 0) is 36.1 Å². The van der Waals surface area contributed by atoms with Gasteiger partial charge in [0.05, 0.1) is 0 Å². The Bertz CT molecular complexity index is 1080. The zero-order valence-electron chi connectivity index (χ0n) is 16.9. The number of rotatable bonds is 5. The second-order valence-corrected chi connectivity index (χ2v) is 8.39. The topological polar surface area (TPSA) is 49.0 Å². The number of allylic oxidation sites excluding steroid dienone is 1. The van der Waals surface area contributed by atoms with Crippen molar-refractivity contribution in [1.82, 2.24) is 10.2 Å². The monoisotopic (exact) mass is 383 g/mol. The zero-order valence-corrected chi connectivity index (χ0v) is 16.9. The molecule has 4 nitrogen and oxygen atoms in total. The molecule has 0 amide bonds. The average Bonchev–Trinajstić information content (AvgIpc) is 3.53. The third-order valence-corrected chi connectivity index (χ3v) is 6.24. The molecule has 3 aromatic rings. The van der Waals surface area contributed by atoms with Crippen LogP contribution in [0.15, 0.2) is 60.7 Å². The molecule has 0 saturated heterocycles. The van der Waals surface area contributed by atoms with Gasteiger partial charge in [-0.3, -0.25) is 9.89 Å². The highest BCUT2D eigenvalue weighted by atomic mass is 16.1. The van der Waals surface area contributed by atoms with E-state index < -0.39 is 0 Å². The molecule has 146 valence electrons. The SMILES string of the molecule is CN(C)c1ccc(C2(c3ccccc3)C=Cc3c(C(=O)C4CC4)n[nH]c3C2)cc1. The summed E-state index contributed by atoms with van der Waals surface area (Å²) in [6.45, 7) is 0. The Labute approximate surface area is 171 Å². The lowest BCUT2D eigenvalue weighted by molar-refractivity contribution is 0.0962. The number of hydrogen-bond donors (Lipinski definition) is 1. The van der Waals surface area contributed by atoms with Gasteiger partial charge >= 0.3 is 0 Å². The first-order chi connectivity index (χ1) is 14.1. The Balaban J connectivity index is 1.60. The van der Waals surface area contributed by atoms with Crippen LogP contribution in [-0.4, -0.2) is 30.1 Å². The summed E-state index contributed by atoms with van der Waals surface area (Å²) in [6, 6.07) is 19.3. The molecule has 2 aliphatic carbocycles. The molecule has 0 radical (unpaired) electrons. The summed E-state index contributed by atoms with van der Waals surface area (Å²) >= 11 is 0. The summed E-state index contributed by atoms with van der Waals surface area (Å²) in [5, 5.41) is 7.60. The molecule has 1 aromatic heterocycles. The fraction of sp³-hybridized carbons (Fsp3) is 0.280. The van der Waals surface area contributed by atoms with Crippen LogP contribution in [-0.2, 0) is 11.8 Å². The molecular formula is C25H25N3O. The minimum atomic E-state index is -0.286. The third-order valence-electron chi connectivity index (χ3n) is 6.24. The molecule has 1 unspecified atom stereocenters. The fourth-order valence-electron chi connectivity index (χ4n) is 4.35. The number of carbonyl (C=O) groups is 1. The van der Waals surface area contributed by atoms with Crippen molar-refractivity contribution in [3.05, 3.63) is 88.8 Å². The number of aromatic amines is 1. The maximum atomic E-state index is 12.6. The highest BCUT2D eigenvalue weighted by Crippen LogP contribution is 2.43. The van der Waals surface area contributed by atoms with Gasteiger partial charge in [0.2, 0.25) is 0 Å². The van der Waals surface area contributed by atoms with E-state index in [0.717, 1.165) is 30.5 Å². The van der Waals surface area contributed by atoms with E-state index in [1.54, 1.807) is 0 Å². The lowest BCUT2D eigenvalue weighted by Gasteiger charge is -2.34. The standard InChI is InChI=1S/C25H25N3O/c1-28(2)20-12-10-19(11-13-20)25(18-6-4-3-5-7-18)15-14-21-22(16-25)26-27-23(21)24(29)17-8-9-17/h3-7,10-15,17H,8-9,16H2,1-2H3,(H,26,27). The van der Waals surface area contributed by atoms with Crippen LogP contribution in [0.3, 0.4) is 0 Å². The number of benzene rings is 2. The number of H-pyrrole nitrogens is 1. The molecule has 0 spiro atoms. The zero-order chi connectivity index (χ0) is 20.0. The summed E-state index contributed by atoms with van der Waals surface area (Å²) in [5.41, 5.74) is 5.99. The number of aromatic nitrogens is 2. The van der Waals surface area contributed by atoms with Crippen LogP contribution in [0, 0.1) is 5.92 Å². The fourth-order valence-corrected chi connectivity index (χ4v) is 4.35. The summed E-state index contributed by atoms with van der Waals surface area (Å²) in [6.07, 6.45) is 7.11. The molecule has 29 heavy (non-hydrogen) atoms. The number of ketones is 1. The number of Topliss-reactive ketones (excluding diaryl/α,β-unsaturated/α-hetero) is 1. The smallest absolute Gasteiger partial charge is 0.186 e. The summed E-state index contributed by atoms with van der Waals surface area (Å²) in [5.74, 6) is 0.366. The van der Waals surface area contributed by atoms with Crippen LogP contribution in [0.4, 0.5) is 5.69 Å². The van der Waals surface area contributed by atoms with Crippen LogP contribution in [0.1, 0.15) is 45.7 Å². The third kappa shape index (κ3) is 3.00. The molecule has 5 rings (SSSR count). The van der Waals surface area contributed by atoms with Gasteiger partial charge in [-0.25, -0.2) is 0 Å². The Morgan fingerprint density at radius 3 is 2.38 bits per heavy atom. The summed E-state index contributed by atoms with van der Waals surface area (Å²) < 4.78 is 0. The van der Waals surface area contributed by atoms with Crippen molar-refractivity contribution in [2.75, 3.05) is 19.0 Å². The predicted molar refractivity (Wildman–Crippen MR) is 116 cm³/mol. The maximum absolute atomic E-state index is 12.6. The first-order valence-corrected chi connectivity index (χ1v) is 10.2. The van der Waals surface area contributed by atoms with Crippen LogP contribution in [0.2, 0.25) is 0 Å². The Morgan fingerprint density at radius 1 is 1.03 bits per heavy atom. The molecule has 4 heteroatoms. The number of anilines is 1. The first kappa shape index (κ1) is 17.9. The first-order valence-electron chi connectivity index (χ1n) is 10.2. The van der Waals surface area contributed by atoms with Gasteiger partial charge in [-0.1, -0.05) is 54.6 Å². The maximum Gasteiger partial charge on any atom is 0.186 e. The molecule has 1 atom stereocenters. The van der Waals surface area contributed by atoms with Gasteiger partial charge in [0.15, 0.2) is 5.78 Å². The minimum absolute atomic E-state index is 0.176. The van der Waals surface area contributed by atoms with Crippen molar-refractivity contribution in [3.63, 3.8) is 0 Å². The molecule has 1 fully saturated rings. The van der Waals surface area contributed by atoms with Gasteiger partial charge in [-0.15, -0.1) is 0 Å². The Kier molecular flexibility index (Phi) is 4.16. The Morgan fingerprint density at radius 2 is 1.72 bits per heavy atom. The van der Waals surface area contributed by atoms with Crippen LogP contribution < -0.4 is 4.90 Å². The molecule has 0 aliphatic heterocycles. The number of fused-ring (bicyclic) bond motifs is 1. The van der Waals surface area contributed by atoms with E-state index in [0.29, 0.717) is 5.69 Å². The normalized spacial score (nSPS) is 20.3. The van der Waals surface area contributed by atoms with E-state index in [1.165, 1.54) is 16.8 Å².